The fourth-order valence-electron chi connectivity index (χ4n) is 0.827. The third kappa shape index (κ3) is 2.40. The summed E-state index contributed by atoms with van der Waals surface area (Å²) >= 11 is 0. The molecule has 0 aliphatic carbocycles. The van der Waals surface area contributed by atoms with Gasteiger partial charge in [0, 0.05) is 5.69 Å². The van der Waals surface area contributed by atoms with Gasteiger partial charge in [-0.2, -0.15) is 8.78 Å². The lowest BCUT2D eigenvalue weighted by atomic mass is 10.2. The average molecular weight is 187 g/mol. The number of alkyl halides is 2. The van der Waals surface area contributed by atoms with Crippen LogP contribution in [0.3, 0.4) is 0 Å². The zero-order chi connectivity index (χ0) is 9.84. The Morgan fingerprint density at radius 3 is 2.54 bits per heavy atom. The highest BCUT2D eigenvalue weighted by molar-refractivity contribution is 5.94. The van der Waals surface area contributed by atoms with E-state index in [4.69, 9.17) is 5.73 Å². The van der Waals surface area contributed by atoms with Crippen LogP contribution in [0.25, 0.3) is 0 Å². The number of hydrogen-bond donors (Lipinski definition) is 1. The third-order valence-electron chi connectivity index (χ3n) is 1.38. The van der Waals surface area contributed by atoms with Crippen molar-refractivity contribution in [2.45, 2.75) is 6.61 Å². The van der Waals surface area contributed by atoms with Gasteiger partial charge in [-0.15, -0.1) is 0 Å². The highest BCUT2D eigenvalue weighted by Crippen LogP contribution is 2.13. The molecule has 0 radical (unpaired) electrons. The number of halogens is 2. The number of esters is 1. The van der Waals surface area contributed by atoms with Gasteiger partial charge in [-0.05, 0) is 12.1 Å². The van der Waals surface area contributed by atoms with Crippen LogP contribution >= 0.6 is 0 Å². The lowest BCUT2D eigenvalue weighted by Crippen LogP contribution is -2.11. The normalized spacial score (nSPS) is 10.1. The summed E-state index contributed by atoms with van der Waals surface area (Å²) in [7, 11) is 0. The molecule has 0 saturated heterocycles. The first kappa shape index (κ1) is 9.44. The predicted octanol–water partition coefficient (Wildman–Crippen LogP) is 1.65. The number of carbonyl (C=O) groups is 1. The fraction of sp³-hybridized carbons (Fsp3) is 0.125. The van der Waals surface area contributed by atoms with Crippen LogP contribution in [0.4, 0.5) is 14.5 Å². The summed E-state index contributed by atoms with van der Waals surface area (Å²) in [5, 5.41) is 0. The van der Waals surface area contributed by atoms with Gasteiger partial charge in [-0.1, -0.05) is 12.1 Å². The molecule has 0 spiro atoms. The van der Waals surface area contributed by atoms with Crippen LogP contribution in [-0.4, -0.2) is 12.6 Å². The number of nitrogen functional groups attached to an aromatic ring is 1. The summed E-state index contributed by atoms with van der Waals surface area (Å²) in [5.74, 6) is -1.12. The first-order chi connectivity index (χ1) is 6.11. The standard InChI is InChI=1S/C8H7F2NO2/c9-8(10)13-7(12)5-3-1-2-4-6(5)11/h1-4,8H,11H2. The summed E-state index contributed by atoms with van der Waals surface area (Å²) < 4.78 is 26.9. The molecule has 5 heteroatoms. The molecule has 0 atom stereocenters. The Kier molecular flexibility index (Phi) is 2.79. The Morgan fingerprint density at radius 1 is 1.38 bits per heavy atom. The highest BCUT2D eigenvalue weighted by Gasteiger charge is 2.14. The van der Waals surface area contributed by atoms with Crippen molar-refractivity contribution >= 4 is 11.7 Å². The Morgan fingerprint density at radius 2 is 2.00 bits per heavy atom. The largest absolute Gasteiger partial charge is 0.399 e. The van der Waals surface area contributed by atoms with Crippen LogP contribution in [-0.2, 0) is 4.74 Å². The molecule has 0 amide bonds. The topological polar surface area (TPSA) is 52.3 Å². The molecule has 0 fully saturated rings. The molecule has 1 aromatic carbocycles. The van der Waals surface area contributed by atoms with Crippen molar-refractivity contribution in [3.05, 3.63) is 29.8 Å². The van der Waals surface area contributed by atoms with Crippen molar-refractivity contribution in [1.82, 2.24) is 0 Å². The summed E-state index contributed by atoms with van der Waals surface area (Å²) in [6.45, 7) is -3.12. The number of para-hydroxylation sites is 1. The van der Waals surface area contributed by atoms with Crippen molar-refractivity contribution in [1.29, 1.82) is 0 Å². The molecule has 0 aliphatic heterocycles. The Labute approximate surface area is 73.1 Å². The molecule has 1 aromatic rings. The van der Waals surface area contributed by atoms with Crippen LogP contribution in [0.5, 0.6) is 0 Å². The number of anilines is 1. The number of ether oxygens (including phenoxy) is 1. The zero-order valence-corrected chi connectivity index (χ0v) is 6.54. The molecule has 0 bridgehead atoms. The number of benzene rings is 1. The van der Waals surface area contributed by atoms with E-state index in [9.17, 15) is 13.6 Å². The van der Waals surface area contributed by atoms with Crippen LogP contribution in [0.15, 0.2) is 24.3 Å². The van der Waals surface area contributed by atoms with Crippen LogP contribution in [0, 0.1) is 0 Å². The van der Waals surface area contributed by atoms with E-state index in [2.05, 4.69) is 4.74 Å². The molecule has 0 aliphatic rings. The van der Waals surface area contributed by atoms with Crippen LogP contribution in [0.2, 0.25) is 0 Å². The van der Waals surface area contributed by atoms with Gasteiger partial charge in [0.05, 0.1) is 5.56 Å². The van der Waals surface area contributed by atoms with Gasteiger partial charge in [-0.3, -0.25) is 0 Å². The zero-order valence-electron chi connectivity index (χ0n) is 6.54. The first-order valence-electron chi connectivity index (χ1n) is 3.45. The minimum Gasteiger partial charge on any atom is -0.399 e. The monoisotopic (exact) mass is 187 g/mol. The predicted molar refractivity (Wildman–Crippen MR) is 42.3 cm³/mol. The second-order valence-corrected chi connectivity index (χ2v) is 2.25. The maximum absolute atomic E-state index is 11.6. The minimum absolute atomic E-state index is 0.0530. The molecule has 0 unspecified atom stereocenters. The lowest BCUT2D eigenvalue weighted by Gasteiger charge is -2.04. The molecule has 0 heterocycles. The van der Waals surface area contributed by atoms with Crippen LogP contribution < -0.4 is 5.73 Å². The van der Waals surface area contributed by atoms with Gasteiger partial charge >= 0.3 is 12.6 Å². The van der Waals surface area contributed by atoms with Gasteiger partial charge in [0.25, 0.3) is 0 Å². The SMILES string of the molecule is Nc1ccccc1C(=O)OC(F)F. The second-order valence-electron chi connectivity index (χ2n) is 2.25. The number of carbonyl (C=O) groups excluding carboxylic acids is 1. The van der Waals surface area contributed by atoms with E-state index in [0.717, 1.165) is 0 Å². The van der Waals surface area contributed by atoms with Crippen molar-refractivity contribution in [3.8, 4) is 0 Å². The van der Waals surface area contributed by atoms with E-state index in [1.807, 2.05) is 0 Å². The van der Waals surface area contributed by atoms with E-state index in [1.54, 1.807) is 6.07 Å². The van der Waals surface area contributed by atoms with E-state index >= 15 is 0 Å². The van der Waals surface area contributed by atoms with Crippen molar-refractivity contribution in [2.75, 3.05) is 5.73 Å². The molecule has 2 N–H and O–H groups in total. The number of rotatable bonds is 2. The van der Waals surface area contributed by atoms with Crippen molar-refractivity contribution in [3.63, 3.8) is 0 Å². The second kappa shape index (κ2) is 3.84. The fourth-order valence-corrected chi connectivity index (χ4v) is 0.827. The Balaban J connectivity index is 2.83. The van der Waals surface area contributed by atoms with E-state index in [1.165, 1.54) is 18.2 Å². The maximum Gasteiger partial charge on any atom is 0.389 e. The molecule has 0 saturated carbocycles. The Bertz CT molecular complexity index is 315. The summed E-state index contributed by atoms with van der Waals surface area (Å²) in [5.41, 5.74) is 5.42. The lowest BCUT2D eigenvalue weighted by molar-refractivity contribution is -0.0905. The van der Waals surface area contributed by atoms with Gasteiger partial charge in [0.2, 0.25) is 0 Å². The van der Waals surface area contributed by atoms with Gasteiger partial charge in [0.1, 0.15) is 0 Å². The molecule has 70 valence electrons. The Hall–Kier alpha value is -1.65. The maximum atomic E-state index is 11.6. The van der Waals surface area contributed by atoms with Crippen molar-refractivity contribution in [2.24, 2.45) is 0 Å². The van der Waals surface area contributed by atoms with E-state index < -0.39 is 12.6 Å². The molecule has 3 nitrogen and oxygen atoms in total. The molecule has 13 heavy (non-hydrogen) atoms. The third-order valence-corrected chi connectivity index (χ3v) is 1.38. The summed E-state index contributed by atoms with van der Waals surface area (Å²) in [6.07, 6.45) is 0. The number of nitrogens with two attached hydrogens (primary N) is 1. The van der Waals surface area contributed by atoms with Crippen LogP contribution in [0.1, 0.15) is 10.4 Å². The van der Waals surface area contributed by atoms with Gasteiger partial charge in [0.15, 0.2) is 0 Å². The highest BCUT2D eigenvalue weighted by atomic mass is 19.3. The quantitative estimate of drug-likeness (QED) is 0.565. The molecule has 1 rings (SSSR count). The average Bonchev–Trinajstić information content (AvgIpc) is 2.03. The number of hydrogen-bond acceptors (Lipinski definition) is 3. The van der Waals surface area contributed by atoms with Gasteiger partial charge in [-0.25, -0.2) is 4.79 Å². The minimum atomic E-state index is -3.12. The molecular formula is C8H7F2NO2. The summed E-state index contributed by atoms with van der Waals surface area (Å²) in [4.78, 5) is 10.9. The van der Waals surface area contributed by atoms with E-state index in [-0.39, 0.29) is 11.3 Å². The van der Waals surface area contributed by atoms with Gasteiger partial charge < -0.3 is 10.5 Å². The summed E-state index contributed by atoms with van der Waals surface area (Å²) in [6, 6.07) is 5.86. The first-order valence-corrected chi connectivity index (χ1v) is 3.45. The van der Waals surface area contributed by atoms with E-state index in [0.29, 0.717) is 0 Å². The smallest absolute Gasteiger partial charge is 0.389 e. The van der Waals surface area contributed by atoms with Crippen molar-refractivity contribution < 1.29 is 18.3 Å². The molecule has 0 aromatic heterocycles. The molecular weight excluding hydrogens is 180 g/mol.